The number of benzene rings is 1. The van der Waals surface area contributed by atoms with Crippen LogP contribution in [0.3, 0.4) is 0 Å². The van der Waals surface area contributed by atoms with Gasteiger partial charge in [0.1, 0.15) is 0 Å². The van der Waals surface area contributed by atoms with Crippen molar-refractivity contribution in [1.82, 2.24) is 10.3 Å². The van der Waals surface area contributed by atoms with Crippen molar-refractivity contribution in [2.24, 2.45) is 0 Å². The molecule has 82 valence electrons. The summed E-state index contributed by atoms with van der Waals surface area (Å²) >= 11 is 3.19. The van der Waals surface area contributed by atoms with E-state index >= 15 is 0 Å². The van der Waals surface area contributed by atoms with Gasteiger partial charge in [0.25, 0.3) is 5.91 Å². The Morgan fingerprint density at radius 3 is 3.00 bits per heavy atom. The molecule has 2 N–H and O–H groups in total. The van der Waals surface area contributed by atoms with Gasteiger partial charge in [-0.25, -0.2) is 0 Å². The van der Waals surface area contributed by atoms with Gasteiger partial charge in [-0.15, -0.1) is 0 Å². The van der Waals surface area contributed by atoms with Crippen LogP contribution in [-0.2, 0) is 0 Å². The van der Waals surface area contributed by atoms with Gasteiger partial charge in [-0.2, -0.15) is 0 Å². The van der Waals surface area contributed by atoms with Crippen molar-refractivity contribution < 1.29 is 4.79 Å². The molecular formula is C12H11BrN2O. The number of fused-ring (bicyclic) bond motifs is 1. The van der Waals surface area contributed by atoms with E-state index in [-0.39, 0.29) is 5.91 Å². The maximum atomic E-state index is 11.7. The highest BCUT2D eigenvalue weighted by Gasteiger charge is 2.06. The number of hydrogen-bond acceptors (Lipinski definition) is 1. The van der Waals surface area contributed by atoms with Crippen LogP contribution in [0.25, 0.3) is 10.9 Å². The third-order valence-corrected chi connectivity index (χ3v) is 2.54. The minimum absolute atomic E-state index is 0.0999. The summed E-state index contributed by atoms with van der Waals surface area (Å²) in [6.07, 6.45) is 1.85. The number of H-pyrrole nitrogens is 1. The van der Waals surface area contributed by atoms with Crippen LogP contribution in [0.4, 0.5) is 0 Å². The molecule has 2 aromatic rings. The molecule has 0 aliphatic carbocycles. The van der Waals surface area contributed by atoms with Gasteiger partial charge < -0.3 is 10.3 Å². The number of rotatable bonds is 3. The number of nitrogens with one attached hydrogen (secondary N) is 2. The minimum atomic E-state index is -0.0999. The molecule has 3 nitrogen and oxygen atoms in total. The molecule has 0 bridgehead atoms. The molecule has 1 amide bonds. The summed E-state index contributed by atoms with van der Waals surface area (Å²) in [5, 5.41) is 3.85. The molecule has 4 heteroatoms. The molecule has 2 rings (SSSR count). The van der Waals surface area contributed by atoms with E-state index in [0.29, 0.717) is 12.1 Å². The Morgan fingerprint density at radius 2 is 2.25 bits per heavy atom. The molecule has 0 aliphatic heterocycles. The molecule has 1 heterocycles. The number of hydrogen-bond donors (Lipinski definition) is 2. The summed E-state index contributed by atoms with van der Waals surface area (Å²) in [5.74, 6) is -0.0999. The summed E-state index contributed by atoms with van der Waals surface area (Å²) in [6.45, 7) is 4.09. The lowest BCUT2D eigenvalue weighted by Gasteiger charge is -2.03. The second kappa shape index (κ2) is 4.53. The zero-order valence-electron chi connectivity index (χ0n) is 8.59. The fourth-order valence-electron chi connectivity index (χ4n) is 1.47. The molecule has 0 spiro atoms. The third-order valence-electron chi connectivity index (χ3n) is 2.26. The summed E-state index contributed by atoms with van der Waals surface area (Å²) < 4.78 is 0.752. The summed E-state index contributed by atoms with van der Waals surface area (Å²) in [4.78, 5) is 14.8. The summed E-state index contributed by atoms with van der Waals surface area (Å²) in [7, 11) is 0. The monoisotopic (exact) mass is 278 g/mol. The maximum absolute atomic E-state index is 11.7. The van der Waals surface area contributed by atoms with Crippen LogP contribution in [0.1, 0.15) is 10.4 Å². The second-order valence-electron chi connectivity index (χ2n) is 3.48. The SMILES string of the molecule is C=C(Br)CNC(=O)c1ccc2cc[nH]c2c1. The number of aromatic amines is 1. The molecular weight excluding hydrogens is 268 g/mol. The second-order valence-corrected chi connectivity index (χ2v) is 4.60. The van der Waals surface area contributed by atoms with E-state index in [1.807, 2.05) is 30.5 Å². The Labute approximate surface area is 102 Å². The van der Waals surface area contributed by atoms with E-state index in [9.17, 15) is 4.79 Å². The van der Waals surface area contributed by atoms with Gasteiger partial charge >= 0.3 is 0 Å². The topological polar surface area (TPSA) is 44.9 Å². The lowest BCUT2D eigenvalue weighted by atomic mass is 10.1. The summed E-state index contributed by atoms with van der Waals surface area (Å²) in [5.41, 5.74) is 1.61. The van der Waals surface area contributed by atoms with Gasteiger partial charge in [-0.3, -0.25) is 4.79 Å². The van der Waals surface area contributed by atoms with Crippen molar-refractivity contribution in [2.75, 3.05) is 6.54 Å². The average molecular weight is 279 g/mol. The third kappa shape index (κ3) is 2.33. The fraction of sp³-hybridized carbons (Fsp3) is 0.0833. The van der Waals surface area contributed by atoms with Gasteiger partial charge in [-0.1, -0.05) is 28.6 Å². The predicted octanol–water partition coefficient (Wildman–Crippen LogP) is 2.81. The molecule has 0 saturated heterocycles. The highest BCUT2D eigenvalue weighted by molar-refractivity contribution is 9.11. The zero-order chi connectivity index (χ0) is 11.5. The van der Waals surface area contributed by atoms with Crippen LogP contribution in [0.5, 0.6) is 0 Å². The number of carbonyl (C=O) groups is 1. The lowest BCUT2D eigenvalue weighted by molar-refractivity contribution is 0.0958. The van der Waals surface area contributed by atoms with Crippen LogP contribution >= 0.6 is 15.9 Å². The lowest BCUT2D eigenvalue weighted by Crippen LogP contribution is -2.24. The van der Waals surface area contributed by atoms with E-state index in [2.05, 4.69) is 32.8 Å². The van der Waals surface area contributed by atoms with Crippen molar-refractivity contribution in [1.29, 1.82) is 0 Å². The Hall–Kier alpha value is -1.55. The zero-order valence-corrected chi connectivity index (χ0v) is 10.2. The van der Waals surface area contributed by atoms with Gasteiger partial charge in [0.15, 0.2) is 0 Å². The van der Waals surface area contributed by atoms with Gasteiger partial charge in [0, 0.05) is 28.3 Å². The van der Waals surface area contributed by atoms with Gasteiger partial charge in [0.2, 0.25) is 0 Å². The van der Waals surface area contributed by atoms with Crippen LogP contribution in [0.15, 0.2) is 41.5 Å². The van der Waals surface area contributed by atoms with Gasteiger partial charge in [0.05, 0.1) is 0 Å². The number of carbonyl (C=O) groups excluding carboxylic acids is 1. The van der Waals surface area contributed by atoms with Crippen molar-refractivity contribution >= 4 is 32.7 Å². The minimum Gasteiger partial charge on any atom is -0.361 e. The van der Waals surface area contributed by atoms with Crippen LogP contribution in [0, 0.1) is 0 Å². The van der Waals surface area contributed by atoms with Crippen molar-refractivity contribution in [3.05, 3.63) is 47.1 Å². The van der Waals surface area contributed by atoms with Crippen molar-refractivity contribution in [3.63, 3.8) is 0 Å². The molecule has 1 aromatic heterocycles. The molecule has 0 unspecified atom stereocenters. The molecule has 0 aliphatic rings. The molecule has 0 saturated carbocycles. The first-order valence-electron chi connectivity index (χ1n) is 4.85. The molecule has 1 aromatic carbocycles. The van der Waals surface area contributed by atoms with E-state index < -0.39 is 0 Å². The van der Waals surface area contributed by atoms with E-state index in [4.69, 9.17) is 0 Å². The smallest absolute Gasteiger partial charge is 0.251 e. The quantitative estimate of drug-likeness (QED) is 0.891. The predicted molar refractivity (Wildman–Crippen MR) is 68.7 cm³/mol. The standard InChI is InChI=1S/C12H11BrN2O/c1-8(13)7-15-12(16)10-3-2-9-4-5-14-11(9)6-10/h2-6,14H,1,7H2,(H,15,16). The highest BCUT2D eigenvalue weighted by atomic mass is 79.9. The average Bonchev–Trinajstić information content (AvgIpc) is 2.72. The van der Waals surface area contributed by atoms with Crippen LogP contribution < -0.4 is 5.32 Å². The Morgan fingerprint density at radius 1 is 1.44 bits per heavy atom. The fourth-order valence-corrected chi connectivity index (χ4v) is 1.61. The number of halogens is 1. The maximum Gasteiger partial charge on any atom is 0.251 e. The number of aromatic nitrogens is 1. The summed E-state index contributed by atoms with van der Waals surface area (Å²) in [6, 6.07) is 7.53. The first-order chi connectivity index (χ1) is 7.66. The van der Waals surface area contributed by atoms with Gasteiger partial charge in [-0.05, 0) is 23.6 Å². The normalized spacial score (nSPS) is 10.3. The van der Waals surface area contributed by atoms with Crippen LogP contribution in [-0.4, -0.2) is 17.4 Å². The first kappa shape index (κ1) is 11.0. The van der Waals surface area contributed by atoms with E-state index in [1.165, 1.54) is 0 Å². The van der Waals surface area contributed by atoms with Crippen LogP contribution in [0.2, 0.25) is 0 Å². The first-order valence-corrected chi connectivity index (χ1v) is 5.65. The largest absolute Gasteiger partial charge is 0.361 e. The molecule has 0 radical (unpaired) electrons. The number of amides is 1. The molecule has 16 heavy (non-hydrogen) atoms. The Bertz CT molecular complexity index is 545. The highest BCUT2D eigenvalue weighted by Crippen LogP contribution is 2.14. The Balaban J connectivity index is 2.19. The van der Waals surface area contributed by atoms with Crippen molar-refractivity contribution in [2.45, 2.75) is 0 Å². The molecule has 0 atom stereocenters. The van der Waals surface area contributed by atoms with E-state index in [1.54, 1.807) is 0 Å². The van der Waals surface area contributed by atoms with E-state index in [0.717, 1.165) is 15.4 Å². The Kier molecular flexibility index (Phi) is 3.10. The molecule has 0 fully saturated rings. The van der Waals surface area contributed by atoms with Crippen molar-refractivity contribution in [3.8, 4) is 0 Å².